The molecule has 3 nitrogen and oxygen atoms in total. The number of allylic oxidation sites excluding steroid dienone is 1. The van der Waals surface area contributed by atoms with Gasteiger partial charge in [0.2, 0.25) is 0 Å². The SMILES string of the molecule is CCCCC(=O)/C(C)=C\C(=O)OCC. The molecule has 0 radical (unpaired) electrons. The fraction of sp³-hybridized carbons (Fsp3) is 0.636. The lowest BCUT2D eigenvalue weighted by atomic mass is 10.1. The van der Waals surface area contributed by atoms with Gasteiger partial charge in [-0.15, -0.1) is 0 Å². The van der Waals surface area contributed by atoms with E-state index < -0.39 is 5.97 Å². The molecule has 0 amide bonds. The monoisotopic (exact) mass is 198 g/mol. The topological polar surface area (TPSA) is 43.4 Å². The predicted molar refractivity (Wildman–Crippen MR) is 54.9 cm³/mol. The molecule has 0 spiro atoms. The largest absolute Gasteiger partial charge is 0.463 e. The summed E-state index contributed by atoms with van der Waals surface area (Å²) in [7, 11) is 0. The average molecular weight is 198 g/mol. The summed E-state index contributed by atoms with van der Waals surface area (Å²) < 4.78 is 4.70. The molecule has 14 heavy (non-hydrogen) atoms. The van der Waals surface area contributed by atoms with E-state index in [0.717, 1.165) is 12.8 Å². The quantitative estimate of drug-likeness (QED) is 0.485. The van der Waals surface area contributed by atoms with Gasteiger partial charge >= 0.3 is 5.97 Å². The highest BCUT2D eigenvalue weighted by Crippen LogP contribution is 2.04. The second-order valence-corrected chi connectivity index (χ2v) is 3.11. The molecule has 0 heterocycles. The first-order valence-corrected chi connectivity index (χ1v) is 5.00. The van der Waals surface area contributed by atoms with Crippen molar-refractivity contribution in [2.24, 2.45) is 0 Å². The smallest absolute Gasteiger partial charge is 0.331 e. The Hall–Kier alpha value is -1.12. The highest BCUT2D eigenvalue weighted by molar-refractivity contribution is 6.00. The van der Waals surface area contributed by atoms with E-state index in [2.05, 4.69) is 0 Å². The number of ketones is 1. The van der Waals surface area contributed by atoms with Gasteiger partial charge in [0.05, 0.1) is 6.61 Å². The number of carbonyl (C=O) groups excluding carboxylic acids is 2. The molecule has 0 saturated carbocycles. The van der Waals surface area contributed by atoms with Crippen molar-refractivity contribution >= 4 is 11.8 Å². The number of carbonyl (C=O) groups is 2. The van der Waals surface area contributed by atoms with Crippen molar-refractivity contribution in [3.8, 4) is 0 Å². The fourth-order valence-corrected chi connectivity index (χ4v) is 0.976. The maximum Gasteiger partial charge on any atom is 0.331 e. The van der Waals surface area contributed by atoms with Gasteiger partial charge in [-0.3, -0.25) is 4.79 Å². The van der Waals surface area contributed by atoms with Crippen molar-refractivity contribution in [2.45, 2.75) is 40.0 Å². The van der Waals surface area contributed by atoms with Crippen molar-refractivity contribution in [1.82, 2.24) is 0 Å². The second-order valence-electron chi connectivity index (χ2n) is 3.11. The van der Waals surface area contributed by atoms with Crippen LogP contribution >= 0.6 is 0 Å². The standard InChI is InChI=1S/C11H18O3/c1-4-6-7-10(12)9(3)8-11(13)14-5-2/h8H,4-7H2,1-3H3/b9-8-. The third-order valence-corrected chi connectivity index (χ3v) is 1.82. The Labute approximate surface area is 85.1 Å². The molecule has 0 N–H and O–H groups in total. The summed E-state index contributed by atoms with van der Waals surface area (Å²) >= 11 is 0. The normalized spacial score (nSPS) is 11.2. The minimum absolute atomic E-state index is 0.0277. The van der Waals surface area contributed by atoms with E-state index in [0.29, 0.717) is 18.6 Å². The molecule has 0 bridgehead atoms. The fourth-order valence-electron chi connectivity index (χ4n) is 0.976. The van der Waals surface area contributed by atoms with Crippen LogP contribution in [0.3, 0.4) is 0 Å². The predicted octanol–water partition coefficient (Wildman–Crippen LogP) is 2.26. The van der Waals surface area contributed by atoms with Crippen LogP contribution in [0.5, 0.6) is 0 Å². The summed E-state index contributed by atoms with van der Waals surface area (Å²) in [5, 5.41) is 0. The summed E-state index contributed by atoms with van der Waals surface area (Å²) in [6.45, 7) is 5.75. The van der Waals surface area contributed by atoms with Gasteiger partial charge in [0, 0.05) is 12.5 Å². The van der Waals surface area contributed by atoms with Gasteiger partial charge < -0.3 is 4.74 Å². The van der Waals surface area contributed by atoms with E-state index >= 15 is 0 Å². The van der Waals surface area contributed by atoms with Crippen LogP contribution in [0.4, 0.5) is 0 Å². The van der Waals surface area contributed by atoms with Crippen LogP contribution in [0.25, 0.3) is 0 Å². The number of hydrogen-bond donors (Lipinski definition) is 0. The summed E-state index contributed by atoms with van der Waals surface area (Å²) in [6, 6.07) is 0. The summed E-state index contributed by atoms with van der Waals surface area (Å²) in [6.07, 6.45) is 3.63. The van der Waals surface area contributed by atoms with Crippen LogP contribution in [0, 0.1) is 0 Å². The number of esters is 1. The number of unbranched alkanes of at least 4 members (excludes halogenated alkanes) is 1. The molecule has 0 unspecified atom stereocenters. The number of hydrogen-bond acceptors (Lipinski definition) is 3. The van der Waals surface area contributed by atoms with Crippen LogP contribution in [0.2, 0.25) is 0 Å². The van der Waals surface area contributed by atoms with E-state index in [1.807, 2.05) is 6.92 Å². The highest BCUT2D eigenvalue weighted by atomic mass is 16.5. The lowest BCUT2D eigenvalue weighted by Gasteiger charge is -2.00. The van der Waals surface area contributed by atoms with Gasteiger partial charge in [0.25, 0.3) is 0 Å². The Bertz CT molecular complexity index is 229. The molecule has 0 aromatic carbocycles. The first-order valence-electron chi connectivity index (χ1n) is 5.00. The Morgan fingerprint density at radius 3 is 2.43 bits per heavy atom. The molecule has 0 aliphatic rings. The maximum absolute atomic E-state index is 11.4. The van der Waals surface area contributed by atoms with Crippen LogP contribution < -0.4 is 0 Å². The average Bonchev–Trinajstić information content (AvgIpc) is 2.14. The van der Waals surface area contributed by atoms with Crippen LogP contribution in [-0.2, 0) is 14.3 Å². The maximum atomic E-state index is 11.4. The highest BCUT2D eigenvalue weighted by Gasteiger charge is 2.06. The minimum Gasteiger partial charge on any atom is -0.463 e. The van der Waals surface area contributed by atoms with Crippen molar-refractivity contribution < 1.29 is 14.3 Å². The molecule has 0 aromatic rings. The molecular weight excluding hydrogens is 180 g/mol. The number of ether oxygens (including phenoxy) is 1. The number of rotatable bonds is 6. The van der Waals surface area contributed by atoms with Gasteiger partial charge in [0.15, 0.2) is 5.78 Å². The Morgan fingerprint density at radius 1 is 1.29 bits per heavy atom. The third kappa shape index (κ3) is 5.51. The first kappa shape index (κ1) is 12.9. The zero-order valence-electron chi connectivity index (χ0n) is 9.13. The van der Waals surface area contributed by atoms with Gasteiger partial charge in [-0.1, -0.05) is 13.3 Å². The molecule has 80 valence electrons. The van der Waals surface area contributed by atoms with Gasteiger partial charge in [-0.2, -0.15) is 0 Å². The Morgan fingerprint density at radius 2 is 1.93 bits per heavy atom. The van der Waals surface area contributed by atoms with Crippen molar-refractivity contribution in [2.75, 3.05) is 6.61 Å². The van der Waals surface area contributed by atoms with E-state index in [1.165, 1.54) is 6.08 Å². The summed E-state index contributed by atoms with van der Waals surface area (Å²) in [5.74, 6) is -0.408. The molecular formula is C11H18O3. The lowest BCUT2D eigenvalue weighted by Crippen LogP contribution is -2.05. The Balaban J connectivity index is 4.08. The minimum atomic E-state index is -0.435. The zero-order valence-corrected chi connectivity index (χ0v) is 9.13. The molecule has 0 fully saturated rings. The summed E-state index contributed by atoms with van der Waals surface area (Å²) in [5.41, 5.74) is 0.483. The van der Waals surface area contributed by atoms with Crippen LogP contribution in [0.15, 0.2) is 11.6 Å². The molecule has 3 heteroatoms. The lowest BCUT2D eigenvalue weighted by molar-refractivity contribution is -0.137. The zero-order chi connectivity index (χ0) is 11.0. The van der Waals surface area contributed by atoms with E-state index in [4.69, 9.17) is 4.74 Å². The van der Waals surface area contributed by atoms with Gasteiger partial charge in [0.1, 0.15) is 0 Å². The molecule has 0 saturated heterocycles. The van der Waals surface area contributed by atoms with E-state index in [9.17, 15) is 9.59 Å². The summed E-state index contributed by atoms with van der Waals surface area (Å²) in [4.78, 5) is 22.3. The van der Waals surface area contributed by atoms with E-state index in [1.54, 1.807) is 13.8 Å². The molecule has 0 rings (SSSR count). The van der Waals surface area contributed by atoms with E-state index in [-0.39, 0.29) is 5.78 Å². The second kappa shape index (κ2) is 7.30. The Kier molecular flexibility index (Phi) is 6.72. The van der Waals surface area contributed by atoms with Crippen molar-refractivity contribution in [1.29, 1.82) is 0 Å². The van der Waals surface area contributed by atoms with Crippen molar-refractivity contribution in [3.63, 3.8) is 0 Å². The number of Topliss-reactive ketones (excluding diaryl/α,β-unsaturated/α-hetero) is 1. The first-order chi connectivity index (χ1) is 6.61. The molecule has 0 aliphatic carbocycles. The van der Waals surface area contributed by atoms with Gasteiger partial charge in [-0.25, -0.2) is 4.79 Å². The molecule has 0 atom stereocenters. The molecule has 0 aliphatic heterocycles. The van der Waals surface area contributed by atoms with Gasteiger partial charge in [-0.05, 0) is 25.8 Å². The van der Waals surface area contributed by atoms with Crippen molar-refractivity contribution in [3.05, 3.63) is 11.6 Å². The van der Waals surface area contributed by atoms with Crippen LogP contribution in [0.1, 0.15) is 40.0 Å². The molecule has 0 aromatic heterocycles. The third-order valence-electron chi connectivity index (χ3n) is 1.82. The van der Waals surface area contributed by atoms with Crippen LogP contribution in [-0.4, -0.2) is 18.4 Å².